The van der Waals surface area contributed by atoms with Gasteiger partial charge in [0.05, 0.1) is 0 Å². The van der Waals surface area contributed by atoms with Gasteiger partial charge in [0.2, 0.25) is 0 Å². The number of anilines is 3. The lowest BCUT2D eigenvalue weighted by Gasteiger charge is -2.30. The molecule has 0 unspecified atom stereocenters. The summed E-state index contributed by atoms with van der Waals surface area (Å²) in [6.45, 7) is 9.61. The number of fused-ring (bicyclic) bond motifs is 12. The fourth-order valence-electron chi connectivity index (χ4n) is 12.2. The van der Waals surface area contributed by atoms with Crippen LogP contribution in [0, 0.1) is 0 Å². The van der Waals surface area contributed by atoms with Crippen molar-refractivity contribution in [2.75, 3.05) is 4.90 Å². The van der Waals surface area contributed by atoms with E-state index in [9.17, 15) is 0 Å². The van der Waals surface area contributed by atoms with Crippen LogP contribution in [0.3, 0.4) is 0 Å². The molecule has 0 atom stereocenters. The van der Waals surface area contributed by atoms with Crippen LogP contribution in [0.15, 0.2) is 224 Å². The molecule has 0 saturated heterocycles. The van der Waals surface area contributed by atoms with Crippen LogP contribution in [-0.4, -0.2) is 0 Å². The molecule has 12 aromatic rings. The molecule has 1 nitrogen and oxygen atoms in total. The van der Waals surface area contributed by atoms with E-state index in [0.717, 1.165) is 17.1 Å². The second-order valence-corrected chi connectivity index (χ2v) is 21.6. The fourth-order valence-corrected chi connectivity index (χ4v) is 13.2. The normalized spacial score (nSPS) is 13.9. The maximum absolute atomic E-state index is 2.49. The Kier molecular flexibility index (Phi) is 8.92. The van der Waals surface area contributed by atoms with Gasteiger partial charge in [-0.1, -0.05) is 179 Å². The van der Waals surface area contributed by atoms with Gasteiger partial charge in [-0.3, -0.25) is 0 Å². The van der Waals surface area contributed by atoms with Crippen molar-refractivity contribution >= 4 is 70.1 Å². The van der Waals surface area contributed by atoms with Gasteiger partial charge >= 0.3 is 0 Å². The fraction of sp³-hybridized carbons (Fsp3) is 0.0882. The van der Waals surface area contributed by atoms with Crippen molar-refractivity contribution in [3.8, 4) is 55.6 Å². The molecule has 70 heavy (non-hydrogen) atoms. The topological polar surface area (TPSA) is 3.24 Å². The molecule has 0 spiro atoms. The number of hydrogen-bond acceptors (Lipinski definition) is 2. The summed E-state index contributed by atoms with van der Waals surface area (Å²) < 4.78 is 2.67. The molecule has 2 aliphatic rings. The van der Waals surface area contributed by atoms with Gasteiger partial charge in [0, 0.05) is 48.1 Å². The molecule has 0 saturated carbocycles. The van der Waals surface area contributed by atoms with Crippen LogP contribution in [0.2, 0.25) is 0 Å². The van der Waals surface area contributed by atoms with Crippen molar-refractivity contribution in [1.29, 1.82) is 0 Å². The van der Waals surface area contributed by atoms with Crippen LogP contribution in [0.5, 0.6) is 0 Å². The minimum atomic E-state index is -0.222. The second-order valence-electron chi connectivity index (χ2n) is 20.5. The Morgan fingerprint density at radius 2 is 0.743 bits per heavy atom. The molecule has 0 N–H and O–H groups in total. The van der Waals surface area contributed by atoms with Crippen molar-refractivity contribution in [3.63, 3.8) is 0 Å². The Morgan fingerprint density at radius 1 is 0.286 bits per heavy atom. The van der Waals surface area contributed by atoms with E-state index in [1.807, 2.05) is 11.3 Å². The van der Waals surface area contributed by atoms with E-state index in [1.54, 1.807) is 0 Å². The Balaban J connectivity index is 0.889. The lowest BCUT2D eigenvalue weighted by atomic mass is 9.81. The average Bonchev–Trinajstić information content (AvgIpc) is 3.97. The highest BCUT2D eigenvalue weighted by molar-refractivity contribution is 7.25. The van der Waals surface area contributed by atoms with Gasteiger partial charge in [-0.15, -0.1) is 11.3 Å². The van der Waals surface area contributed by atoms with Crippen LogP contribution >= 0.6 is 11.3 Å². The lowest BCUT2D eigenvalue weighted by molar-refractivity contribution is 0.660. The zero-order valence-electron chi connectivity index (χ0n) is 39.7. The first-order chi connectivity index (χ1) is 34.2. The molecule has 2 heteroatoms. The zero-order valence-corrected chi connectivity index (χ0v) is 40.5. The van der Waals surface area contributed by atoms with E-state index < -0.39 is 0 Å². The maximum Gasteiger partial charge on any atom is 0.0465 e. The molecule has 0 radical (unpaired) electrons. The molecule has 1 heterocycles. The highest BCUT2D eigenvalue weighted by Gasteiger charge is 2.38. The summed E-state index contributed by atoms with van der Waals surface area (Å²) in [5, 5.41) is 7.76. The smallest absolute Gasteiger partial charge is 0.0465 e. The van der Waals surface area contributed by atoms with Gasteiger partial charge in [-0.2, -0.15) is 0 Å². The number of thiophene rings is 1. The van der Waals surface area contributed by atoms with Gasteiger partial charge in [-0.05, 0) is 172 Å². The summed E-state index contributed by atoms with van der Waals surface area (Å²) in [6, 6.07) is 84.4. The van der Waals surface area contributed by atoms with Gasteiger partial charge in [-0.25, -0.2) is 0 Å². The molecular formula is C68H49NS. The van der Waals surface area contributed by atoms with Crippen LogP contribution in [0.4, 0.5) is 17.1 Å². The molecule has 0 bridgehead atoms. The van der Waals surface area contributed by atoms with Crippen molar-refractivity contribution in [3.05, 3.63) is 247 Å². The average molecular weight is 912 g/mol. The summed E-state index contributed by atoms with van der Waals surface area (Å²) in [7, 11) is 0. The first-order valence-corrected chi connectivity index (χ1v) is 25.4. The van der Waals surface area contributed by atoms with E-state index in [0.29, 0.717) is 0 Å². The van der Waals surface area contributed by atoms with Gasteiger partial charge in [0.15, 0.2) is 0 Å². The summed E-state index contributed by atoms with van der Waals surface area (Å²) in [4.78, 5) is 2.49. The Morgan fingerprint density at radius 3 is 1.40 bits per heavy atom. The number of benzene rings is 11. The highest BCUT2D eigenvalue weighted by Crippen LogP contribution is 2.54. The van der Waals surface area contributed by atoms with Crippen LogP contribution in [0.1, 0.15) is 49.9 Å². The predicted octanol–water partition coefficient (Wildman–Crippen LogP) is 19.4. The number of nitrogens with zero attached hydrogens (tertiary/aromatic N) is 1. The van der Waals surface area contributed by atoms with Crippen LogP contribution < -0.4 is 4.90 Å². The van der Waals surface area contributed by atoms with Gasteiger partial charge < -0.3 is 4.90 Å². The first kappa shape index (κ1) is 41.0. The molecule has 11 aromatic carbocycles. The molecule has 0 aliphatic heterocycles. The molecule has 14 rings (SSSR count). The lowest BCUT2D eigenvalue weighted by Crippen LogP contribution is -2.18. The van der Waals surface area contributed by atoms with E-state index >= 15 is 0 Å². The highest BCUT2D eigenvalue weighted by atomic mass is 32.1. The summed E-state index contributed by atoms with van der Waals surface area (Å²) >= 11 is 1.88. The molecule has 0 fully saturated rings. The van der Waals surface area contributed by atoms with Crippen molar-refractivity contribution in [1.82, 2.24) is 0 Å². The summed E-state index contributed by atoms with van der Waals surface area (Å²) in [6.07, 6.45) is 0. The zero-order chi connectivity index (χ0) is 46.9. The predicted molar refractivity (Wildman–Crippen MR) is 300 cm³/mol. The monoisotopic (exact) mass is 911 g/mol. The van der Waals surface area contributed by atoms with Gasteiger partial charge in [0.25, 0.3) is 0 Å². The Labute approximate surface area is 413 Å². The largest absolute Gasteiger partial charge is 0.310 e. The van der Waals surface area contributed by atoms with E-state index in [1.165, 1.54) is 120 Å². The third-order valence-corrected chi connectivity index (χ3v) is 17.0. The van der Waals surface area contributed by atoms with E-state index in [-0.39, 0.29) is 10.8 Å². The summed E-state index contributed by atoms with van der Waals surface area (Å²) in [5.41, 5.74) is 21.2. The molecule has 332 valence electrons. The SMILES string of the molecule is CC1(C)c2cc(-c3ccccc3)ccc2-c2ccc(N(c3ccc(-c4cc5ccccc5c5ccccc45)cc3)c3ccc4c(c3)C(C)(C)c3cc(-c5ccc6sc7ccccc7c6c5)ccc3-4)cc21. The third-order valence-electron chi connectivity index (χ3n) is 15.9. The van der Waals surface area contributed by atoms with E-state index in [4.69, 9.17) is 0 Å². The number of hydrogen-bond donors (Lipinski definition) is 0. The summed E-state index contributed by atoms with van der Waals surface area (Å²) in [5.74, 6) is 0. The molecule has 2 aliphatic carbocycles. The molecule has 0 amide bonds. The quantitative estimate of drug-likeness (QED) is 0.150. The van der Waals surface area contributed by atoms with Gasteiger partial charge in [0.1, 0.15) is 0 Å². The minimum absolute atomic E-state index is 0.196. The standard InChI is InChI=1S/C68H49NS/c1-67(2)61-38-45(42-14-6-5-7-15-42)24-31-54(61)56-33-29-49(40-63(56)67)69(48-27-22-43(23-28-48)59-37-47-16-8-9-17-51(47)52-18-10-11-19-53(52)59)50-30-34-57-55-32-25-46(39-62(55)68(3,4)64(57)41-50)44-26-35-66-60(36-44)58-20-12-13-21-65(58)70-66/h5-41H,1-4H3. The third kappa shape index (κ3) is 6.16. The van der Waals surface area contributed by atoms with E-state index in [2.05, 4.69) is 257 Å². The molecular weight excluding hydrogens is 863 g/mol. The van der Waals surface area contributed by atoms with Crippen molar-refractivity contribution in [2.24, 2.45) is 0 Å². The molecule has 1 aromatic heterocycles. The number of rotatable bonds is 6. The van der Waals surface area contributed by atoms with Crippen LogP contribution in [-0.2, 0) is 10.8 Å². The van der Waals surface area contributed by atoms with Crippen LogP contribution in [0.25, 0.3) is 97.4 Å². The minimum Gasteiger partial charge on any atom is -0.310 e. The Hall–Kier alpha value is -8.04. The maximum atomic E-state index is 2.49. The first-order valence-electron chi connectivity index (χ1n) is 24.6. The van der Waals surface area contributed by atoms with Crippen molar-refractivity contribution < 1.29 is 0 Å². The second kappa shape index (κ2) is 15.2. The Bertz CT molecular complexity index is 4110. The van der Waals surface area contributed by atoms with Crippen molar-refractivity contribution in [2.45, 2.75) is 38.5 Å².